The Morgan fingerprint density at radius 3 is 2.68 bits per heavy atom. The summed E-state index contributed by atoms with van der Waals surface area (Å²) < 4.78 is 5.05. The molecule has 0 atom stereocenters. The van der Waals surface area contributed by atoms with E-state index in [0.717, 1.165) is 31.2 Å². The van der Waals surface area contributed by atoms with Crippen LogP contribution in [-0.2, 0) is 11.2 Å². The molecule has 1 aliphatic heterocycles. The number of carboxylic acid groups (broad SMARTS) is 1. The van der Waals surface area contributed by atoms with Crippen molar-refractivity contribution in [1.29, 1.82) is 0 Å². The molecule has 31 heavy (non-hydrogen) atoms. The van der Waals surface area contributed by atoms with Crippen LogP contribution in [0, 0.1) is 5.92 Å². The summed E-state index contributed by atoms with van der Waals surface area (Å²) in [7, 11) is 1.46. The Hall–Kier alpha value is -2.87. The van der Waals surface area contributed by atoms with Gasteiger partial charge in [-0.1, -0.05) is 17.7 Å². The van der Waals surface area contributed by atoms with Crippen molar-refractivity contribution < 1.29 is 19.4 Å². The van der Waals surface area contributed by atoms with Crippen LogP contribution in [0.2, 0.25) is 5.02 Å². The summed E-state index contributed by atoms with van der Waals surface area (Å²) in [6, 6.07) is 5.87. The SMILES string of the molecule is COc1nc(N)c2c(n1)CCN(c1ccc(C3CCC(CC(=O)O)CC3)c(Cl)c1)C2=O. The molecule has 164 valence electrons. The number of rotatable bonds is 5. The lowest BCUT2D eigenvalue weighted by Gasteiger charge is -2.31. The Bertz CT molecular complexity index is 1020. The molecule has 1 fully saturated rings. The average molecular weight is 445 g/mol. The highest BCUT2D eigenvalue weighted by Gasteiger charge is 2.31. The number of anilines is 2. The highest BCUT2D eigenvalue weighted by Crippen LogP contribution is 2.41. The fourth-order valence-corrected chi connectivity index (χ4v) is 4.98. The maximum Gasteiger partial charge on any atom is 0.318 e. The first-order chi connectivity index (χ1) is 14.9. The van der Waals surface area contributed by atoms with E-state index >= 15 is 0 Å². The van der Waals surface area contributed by atoms with Crippen molar-refractivity contribution in [3.8, 4) is 6.01 Å². The predicted octanol–water partition coefficient (Wildman–Crippen LogP) is 3.67. The molecule has 0 bridgehead atoms. The van der Waals surface area contributed by atoms with Crippen LogP contribution in [0.1, 0.15) is 59.6 Å². The minimum atomic E-state index is -0.733. The van der Waals surface area contributed by atoms with Gasteiger partial charge in [-0.25, -0.2) is 0 Å². The zero-order valence-corrected chi connectivity index (χ0v) is 18.1. The number of nitrogens with two attached hydrogens (primary N) is 1. The zero-order chi connectivity index (χ0) is 22.1. The number of aliphatic carboxylic acids is 1. The largest absolute Gasteiger partial charge is 0.481 e. The first kappa shape index (κ1) is 21.4. The van der Waals surface area contributed by atoms with Crippen LogP contribution in [0.3, 0.4) is 0 Å². The second-order valence-corrected chi connectivity index (χ2v) is 8.55. The molecule has 4 rings (SSSR count). The third-order valence-electron chi connectivity index (χ3n) is 6.25. The Kier molecular flexibility index (Phi) is 6.00. The van der Waals surface area contributed by atoms with Crippen molar-refractivity contribution in [3.63, 3.8) is 0 Å². The predicted molar refractivity (Wildman–Crippen MR) is 117 cm³/mol. The smallest absolute Gasteiger partial charge is 0.318 e. The fourth-order valence-electron chi connectivity index (χ4n) is 4.65. The average Bonchev–Trinajstić information content (AvgIpc) is 2.74. The van der Waals surface area contributed by atoms with Crippen LogP contribution in [-0.4, -0.2) is 40.6 Å². The summed E-state index contributed by atoms with van der Waals surface area (Å²) >= 11 is 6.62. The molecule has 1 aromatic carbocycles. The van der Waals surface area contributed by atoms with E-state index in [1.165, 1.54) is 7.11 Å². The van der Waals surface area contributed by atoms with Crippen molar-refractivity contribution in [2.45, 2.75) is 44.4 Å². The number of ether oxygens (including phenoxy) is 1. The van der Waals surface area contributed by atoms with Gasteiger partial charge in [-0.2, -0.15) is 9.97 Å². The molecule has 9 heteroatoms. The van der Waals surface area contributed by atoms with Gasteiger partial charge < -0.3 is 20.5 Å². The van der Waals surface area contributed by atoms with E-state index in [1.807, 2.05) is 18.2 Å². The molecule has 3 N–H and O–H groups in total. The van der Waals surface area contributed by atoms with Gasteiger partial charge in [-0.05, 0) is 55.2 Å². The van der Waals surface area contributed by atoms with Gasteiger partial charge in [0.1, 0.15) is 11.4 Å². The number of methoxy groups -OCH3 is 1. The van der Waals surface area contributed by atoms with E-state index in [9.17, 15) is 9.59 Å². The molecule has 0 saturated heterocycles. The van der Waals surface area contributed by atoms with E-state index in [0.29, 0.717) is 40.9 Å². The van der Waals surface area contributed by atoms with Gasteiger partial charge >= 0.3 is 12.0 Å². The third-order valence-corrected chi connectivity index (χ3v) is 6.58. The van der Waals surface area contributed by atoms with Crippen LogP contribution in [0.4, 0.5) is 11.5 Å². The molecule has 1 aromatic heterocycles. The molecule has 1 amide bonds. The fraction of sp³-hybridized carbons (Fsp3) is 0.455. The summed E-state index contributed by atoms with van der Waals surface area (Å²) in [6.07, 6.45) is 4.39. The molecule has 2 aliphatic rings. The van der Waals surface area contributed by atoms with E-state index in [2.05, 4.69) is 9.97 Å². The number of carbonyl (C=O) groups excluding carboxylic acids is 1. The standard InChI is InChI=1S/C22H25ClN4O4/c1-31-22-25-17-8-9-27(21(30)19(17)20(24)26-22)14-6-7-15(16(23)11-14)13-4-2-12(3-5-13)10-18(28)29/h6-7,11-13H,2-5,8-10H2,1H3,(H,28,29)(H2,24,25,26). The Morgan fingerprint density at radius 2 is 2.03 bits per heavy atom. The van der Waals surface area contributed by atoms with Crippen molar-refractivity contribution in [3.05, 3.63) is 40.0 Å². The lowest BCUT2D eigenvalue weighted by molar-refractivity contribution is -0.138. The van der Waals surface area contributed by atoms with Gasteiger partial charge in [-0.3, -0.25) is 9.59 Å². The lowest BCUT2D eigenvalue weighted by atomic mass is 9.77. The third kappa shape index (κ3) is 4.30. The van der Waals surface area contributed by atoms with Crippen molar-refractivity contribution >= 4 is 35.0 Å². The molecule has 2 heterocycles. The first-order valence-corrected chi connectivity index (χ1v) is 10.8. The first-order valence-electron chi connectivity index (χ1n) is 10.4. The van der Waals surface area contributed by atoms with E-state index in [-0.39, 0.29) is 30.1 Å². The number of aromatic nitrogens is 2. The second kappa shape index (κ2) is 8.70. The number of carboxylic acids is 1. The molecule has 1 aliphatic carbocycles. The molecular weight excluding hydrogens is 420 g/mol. The van der Waals surface area contributed by atoms with Crippen LogP contribution in [0.15, 0.2) is 18.2 Å². The number of fused-ring (bicyclic) bond motifs is 1. The molecular formula is C22H25ClN4O4. The second-order valence-electron chi connectivity index (χ2n) is 8.15. The molecule has 0 radical (unpaired) electrons. The zero-order valence-electron chi connectivity index (χ0n) is 17.3. The van der Waals surface area contributed by atoms with Crippen molar-refractivity contribution in [1.82, 2.24) is 9.97 Å². The molecule has 1 saturated carbocycles. The summed E-state index contributed by atoms with van der Waals surface area (Å²) in [5.41, 5.74) is 8.66. The minimum absolute atomic E-state index is 0.109. The topological polar surface area (TPSA) is 119 Å². The summed E-state index contributed by atoms with van der Waals surface area (Å²) in [4.78, 5) is 34.0. The van der Waals surface area contributed by atoms with Crippen LogP contribution >= 0.6 is 11.6 Å². The number of halogens is 1. The van der Waals surface area contributed by atoms with Gasteiger partial charge in [0.25, 0.3) is 5.91 Å². The van der Waals surface area contributed by atoms with Crippen LogP contribution < -0.4 is 15.4 Å². The highest BCUT2D eigenvalue weighted by molar-refractivity contribution is 6.31. The van der Waals surface area contributed by atoms with Gasteiger partial charge in [0.15, 0.2) is 0 Å². The summed E-state index contributed by atoms with van der Waals surface area (Å²) in [5, 5.41) is 9.62. The van der Waals surface area contributed by atoms with E-state index in [1.54, 1.807) is 4.90 Å². The van der Waals surface area contributed by atoms with E-state index in [4.69, 9.17) is 27.2 Å². The summed E-state index contributed by atoms with van der Waals surface area (Å²) in [5.74, 6) is -0.329. The van der Waals surface area contributed by atoms with Gasteiger partial charge in [0.05, 0.1) is 12.8 Å². The quantitative estimate of drug-likeness (QED) is 0.721. The number of nitrogen functional groups attached to an aromatic ring is 1. The number of hydrogen-bond acceptors (Lipinski definition) is 6. The van der Waals surface area contributed by atoms with Crippen molar-refractivity contribution in [2.24, 2.45) is 5.92 Å². The number of benzene rings is 1. The van der Waals surface area contributed by atoms with Gasteiger partial charge in [-0.15, -0.1) is 0 Å². The maximum absolute atomic E-state index is 13.1. The normalized spacial score (nSPS) is 21.0. The molecule has 0 spiro atoms. The van der Waals surface area contributed by atoms with E-state index < -0.39 is 5.97 Å². The van der Waals surface area contributed by atoms with Gasteiger partial charge in [0, 0.05) is 30.1 Å². The minimum Gasteiger partial charge on any atom is -0.481 e. The number of nitrogens with zero attached hydrogens (tertiary/aromatic N) is 3. The Morgan fingerprint density at radius 1 is 1.29 bits per heavy atom. The number of carbonyl (C=O) groups is 2. The monoisotopic (exact) mass is 444 g/mol. The Balaban J connectivity index is 1.51. The Labute approximate surface area is 185 Å². The van der Waals surface area contributed by atoms with Crippen LogP contribution in [0.5, 0.6) is 6.01 Å². The molecule has 8 nitrogen and oxygen atoms in total. The van der Waals surface area contributed by atoms with Crippen molar-refractivity contribution in [2.75, 3.05) is 24.3 Å². The number of amides is 1. The molecule has 2 aromatic rings. The van der Waals surface area contributed by atoms with Gasteiger partial charge in [0.2, 0.25) is 0 Å². The lowest BCUT2D eigenvalue weighted by Crippen LogP contribution is -2.39. The summed E-state index contributed by atoms with van der Waals surface area (Å²) in [6.45, 7) is 0.460. The maximum atomic E-state index is 13.1. The number of hydrogen-bond donors (Lipinski definition) is 2. The van der Waals surface area contributed by atoms with Crippen LogP contribution in [0.25, 0.3) is 0 Å². The highest BCUT2D eigenvalue weighted by atomic mass is 35.5. The molecule has 0 unspecified atom stereocenters.